The molecule has 1 rings (SSSR count). The second-order valence-electron chi connectivity index (χ2n) is 8.00. The van der Waals surface area contributed by atoms with Gasteiger partial charge in [-0.3, -0.25) is 4.79 Å². The van der Waals surface area contributed by atoms with Crippen LogP contribution in [0.5, 0.6) is 0 Å². The smallest absolute Gasteiger partial charge is 0.225 e. The molecule has 0 aromatic heterocycles. The Morgan fingerprint density at radius 3 is 2.07 bits per heavy atom. The predicted octanol–water partition coefficient (Wildman–Crippen LogP) is 6.97. The Hall–Kier alpha value is -1.77. The Balaban J connectivity index is 2.38. The van der Waals surface area contributed by atoms with Crippen molar-refractivity contribution in [3.05, 3.63) is 42.0 Å². The molecular formula is C26H44N2O. The minimum Gasteiger partial charge on any atom is -0.372 e. The fraction of sp³-hybridized carbons (Fsp3) is 0.654. The molecule has 0 fully saturated rings. The molecule has 3 nitrogen and oxygen atoms in total. The number of anilines is 1. The normalized spacial score (nSPS) is 12.4. The molecule has 0 radical (unpaired) electrons. The van der Waals surface area contributed by atoms with Crippen LogP contribution in [-0.4, -0.2) is 19.0 Å². The van der Waals surface area contributed by atoms with E-state index in [9.17, 15) is 4.79 Å². The molecular weight excluding hydrogens is 356 g/mol. The SMILES string of the molecule is CCCCCCC=CCCCCCCC(C(N)=O)c1ccccc1N(CC)CC. The summed E-state index contributed by atoms with van der Waals surface area (Å²) < 4.78 is 0. The Kier molecular flexibility index (Phi) is 14.0. The summed E-state index contributed by atoms with van der Waals surface area (Å²) in [5, 5.41) is 0. The molecule has 0 heterocycles. The number of unbranched alkanes of at least 4 members (excludes halogenated alkanes) is 8. The largest absolute Gasteiger partial charge is 0.372 e. The van der Waals surface area contributed by atoms with Gasteiger partial charge in [-0.15, -0.1) is 0 Å². The molecule has 3 heteroatoms. The Labute approximate surface area is 179 Å². The molecule has 0 aliphatic carbocycles. The zero-order chi connectivity index (χ0) is 21.3. The number of primary amides is 1. The third-order valence-electron chi connectivity index (χ3n) is 5.76. The van der Waals surface area contributed by atoms with Crippen molar-refractivity contribution in [1.82, 2.24) is 0 Å². The first-order chi connectivity index (χ1) is 14.2. The van der Waals surface area contributed by atoms with Gasteiger partial charge >= 0.3 is 0 Å². The van der Waals surface area contributed by atoms with Crippen molar-refractivity contribution in [3.63, 3.8) is 0 Å². The number of carbonyl (C=O) groups excluding carboxylic acids is 1. The molecule has 1 aromatic rings. The number of hydrogen-bond acceptors (Lipinski definition) is 2. The second kappa shape index (κ2) is 16.1. The van der Waals surface area contributed by atoms with Gasteiger partial charge in [0.15, 0.2) is 0 Å². The topological polar surface area (TPSA) is 46.3 Å². The van der Waals surface area contributed by atoms with Crippen molar-refractivity contribution in [2.75, 3.05) is 18.0 Å². The van der Waals surface area contributed by atoms with Crippen LogP contribution in [0.2, 0.25) is 0 Å². The lowest BCUT2D eigenvalue weighted by molar-refractivity contribution is -0.119. The molecule has 164 valence electrons. The highest BCUT2D eigenvalue weighted by Crippen LogP contribution is 2.31. The van der Waals surface area contributed by atoms with Gasteiger partial charge in [0.1, 0.15) is 0 Å². The summed E-state index contributed by atoms with van der Waals surface area (Å²) in [5.41, 5.74) is 8.04. The summed E-state index contributed by atoms with van der Waals surface area (Å²) >= 11 is 0. The summed E-state index contributed by atoms with van der Waals surface area (Å²) in [4.78, 5) is 14.5. The van der Waals surface area contributed by atoms with E-state index in [4.69, 9.17) is 5.73 Å². The van der Waals surface area contributed by atoms with Crippen molar-refractivity contribution in [2.45, 2.75) is 97.3 Å². The Morgan fingerprint density at radius 2 is 1.48 bits per heavy atom. The molecule has 0 saturated heterocycles. The first-order valence-electron chi connectivity index (χ1n) is 11.9. The molecule has 29 heavy (non-hydrogen) atoms. The van der Waals surface area contributed by atoms with Crippen molar-refractivity contribution in [2.24, 2.45) is 5.73 Å². The van der Waals surface area contributed by atoms with Crippen molar-refractivity contribution in [1.29, 1.82) is 0 Å². The molecule has 0 aliphatic heterocycles. The van der Waals surface area contributed by atoms with Crippen LogP contribution in [0.3, 0.4) is 0 Å². The molecule has 2 N–H and O–H groups in total. The number of nitrogens with zero attached hydrogens (tertiary/aromatic N) is 1. The zero-order valence-electron chi connectivity index (χ0n) is 19.2. The fourth-order valence-electron chi connectivity index (χ4n) is 3.97. The molecule has 1 atom stereocenters. The lowest BCUT2D eigenvalue weighted by atomic mass is 9.90. The quantitative estimate of drug-likeness (QED) is 0.227. The molecule has 0 spiro atoms. The van der Waals surface area contributed by atoms with E-state index in [0.717, 1.165) is 37.2 Å². The monoisotopic (exact) mass is 400 g/mol. The van der Waals surface area contributed by atoms with Gasteiger partial charge in [-0.2, -0.15) is 0 Å². The van der Waals surface area contributed by atoms with E-state index in [1.165, 1.54) is 57.8 Å². The summed E-state index contributed by atoms with van der Waals surface area (Å²) in [6.45, 7) is 8.43. The Morgan fingerprint density at radius 1 is 0.897 bits per heavy atom. The molecule has 0 aliphatic rings. The lowest BCUT2D eigenvalue weighted by Gasteiger charge is -2.27. The second-order valence-corrected chi connectivity index (χ2v) is 8.00. The van der Waals surface area contributed by atoms with E-state index in [0.29, 0.717) is 0 Å². The van der Waals surface area contributed by atoms with E-state index in [1.54, 1.807) is 0 Å². The van der Waals surface area contributed by atoms with E-state index in [-0.39, 0.29) is 11.8 Å². The number of nitrogens with two attached hydrogens (primary N) is 1. The average Bonchev–Trinajstić information content (AvgIpc) is 2.73. The number of rotatable bonds is 17. The van der Waals surface area contributed by atoms with Crippen LogP contribution in [0.1, 0.15) is 103 Å². The van der Waals surface area contributed by atoms with Crippen LogP contribution in [-0.2, 0) is 4.79 Å². The maximum absolute atomic E-state index is 12.2. The summed E-state index contributed by atoms with van der Waals surface area (Å²) in [6, 6.07) is 8.26. The maximum Gasteiger partial charge on any atom is 0.225 e. The van der Waals surface area contributed by atoms with Crippen molar-refractivity contribution >= 4 is 11.6 Å². The summed E-state index contributed by atoms with van der Waals surface area (Å²) in [6.07, 6.45) is 18.0. The van der Waals surface area contributed by atoms with E-state index in [2.05, 4.69) is 50.0 Å². The van der Waals surface area contributed by atoms with E-state index < -0.39 is 0 Å². The first kappa shape index (κ1) is 25.3. The number of para-hydroxylation sites is 1. The lowest BCUT2D eigenvalue weighted by Crippen LogP contribution is -2.27. The molecule has 1 aromatic carbocycles. The minimum atomic E-state index is -0.199. The van der Waals surface area contributed by atoms with Gasteiger partial charge in [0.25, 0.3) is 0 Å². The number of allylic oxidation sites excluding steroid dienone is 2. The number of benzene rings is 1. The molecule has 1 amide bonds. The average molecular weight is 401 g/mol. The van der Waals surface area contributed by atoms with E-state index >= 15 is 0 Å². The molecule has 0 bridgehead atoms. The highest BCUT2D eigenvalue weighted by Gasteiger charge is 2.22. The van der Waals surface area contributed by atoms with Gasteiger partial charge in [0.2, 0.25) is 5.91 Å². The van der Waals surface area contributed by atoms with Gasteiger partial charge in [-0.25, -0.2) is 0 Å². The third-order valence-corrected chi connectivity index (χ3v) is 5.76. The predicted molar refractivity (Wildman–Crippen MR) is 128 cm³/mol. The highest BCUT2D eigenvalue weighted by atomic mass is 16.1. The number of amides is 1. The summed E-state index contributed by atoms with van der Waals surface area (Å²) in [5.74, 6) is -0.384. The number of hydrogen-bond donors (Lipinski definition) is 1. The van der Waals surface area contributed by atoms with Crippen LogP contribution in [0, 0.1) is 0 Å². The standard InChI is InChI=1S/C26H44N2O/c1-4-7-8-9-10-11-12-13-14-15-16-17-21-24(26(27)29)23-20-18-19-22-25(23)28(5-2)6-3/h11-12,18-20,22,24H,4-10,13-17,21H2,1-3H3,(H2,27,29). The zero-order valence-corrected chi connectivity index (χ0v) is 19.2. The van der Waals surface area contributed by atoms with E-state index in [1.807, 2.05) is 12.1 Å². The van der Waals surface area contributed by atoms with Crippen LogP contribution in [0.25, 0.3) is 0 Å². The summed E-state index contributed by atoms with van der Waals surface area (Å²) in [7, 11) is 0. The fourth-order valence-corrected chi connectivity index (χ4v) is 3.97. The van der Waals surface area contributed by atoms with Gasteiger partial charge in [0, 0.05) is 18.8 Å². The van der Waals surface area contributed by atoms with Crippen molar-refractivity contribution in [3.8, 4) is 0 Å². The highest BCUT2D eigenvalue weighted by molar-refractivity contribution is 5.84. The van der Waals surface area contributed by atoms with Gasteiger partial charge in [0.05, 0.1) is 5.92 Å². The number of carbonyl (C=O) groups is 1. The van der Waals surface area contributed by atoms with Crippen LogP contribution >= 0.6 is 0 Å². The molecule has 0 saturated carbocycles. The third kappa shape index (κ3) is 10.0. The maximum atomic E-state index is 12.2. The van der Waals surface area contributed by atoms with Crippen molar-refractivity contribution < 1.29 is 4.79 Å². The van der Waals surface area contributed by atoms with Gasteiger partial charge in [-0.05, 0) is 57.6 Å². The first-order valence-corrected chi connectivity index (χ1v) is 11.9. The van der Waals surface area contributed by atoms with Crippen LogP contribution in [0.4, 0.5) is 5.69 Å². The van der Waals surface area contributed by atoms with Crippen LogP contribution < -0.4 is 10.6 Å². The minimum absolute atomic E-state index is 0.185. The Bertz CT molecular complexity index is 578. The van der Waals surface area contributed by atoms with Gasteiger partial charge in [-0.1, -0.05) is 75.8 Å². The van der Waals surface area contributed by atoms with Crippen LogP contribution in [0.15, 0.2) is 36.4 Å². The molecule has 1 unspecified atom stereocenters. The van der Waals surface area contributed by atoms with Gasteiger partial charge < -0.3 is 10.6 Å².